The number of amides is 2. The molecule has 0 atom stereocenters. The molecule has 0 saturated carbocycles. The van der Waals surface area contributed by atoms with Crippen LogP contribution in [0.2, 0.25) is 0 Å². The second kappa shape index (κ2) is 8.12. The van der Waals surface area contributed by atoms with Gasteiger partial charge in [0.05, 0.1) is 10.6 Å². The molecule has 9 nitrogen and oxygen atoms in total. The zero-order valence-electron chi connectivity index (χ0n) is 16.8. The molecular weight excluding hydrogens is 422 g/mol. The van der Waals surface area contributed by atoms with Crippen LogP contribution in [0.1, 0.15) is 27.6 Å². The van der Waals surface area contributed by atoms with Gasteiger partial charge in [0.15, 0.2) is 12.4 Å². The molecule has 0 aliphatic carbocycles. The van der Waals surface area contributed by atoms with E-state index in [0.29, 0.717) is 22.6 Å². The van der Waals surface area contributed by atoms with Gasteiger partial charge in [-0.05, 0) is 37.3 Å². The van der Waals surface area contributed by atoms with E-state index in [1.54, 1.807) is 23.1 Å². The normalized spacial score (nSPS) is 16.8. The fourth-order valence-corrected chi connectivity index (χ4v) is 4.95. The van der Waals surface area contributed by atoms with Crippen molar-refractivity contribution in [2.24, 2.45) is 0 Å². The predicted octanol–water partition coefficient (Wildman–Crippen LogP) is 1.37. The Bertz CT molecular complexity index is 1150. The van der Waals surface area contributed by atoms with Gasteiger partial charge >= 0.3 is 0 Å². The van der Waals surface area contributed by atoms with Gasteiger partial charge < -0.3 is 15.0 Å². The molecule has 31 heavy (non-hydrogen) atoms. The standard InChI is InChI=1S/C21H21N3O6S/c1-14(25)15-2-5-17(6-3-15)31(28,29)24-10-8-23(9-11-24)21(27)16-4-7-18-19(12-16)30-13-20(26)22-18/h2-7,12H,8-11,13H2,1H3,(H,22,26). The summed E-state index contributed by atoms with van der Waals surface area (Å²) in [6.45, 7) is 2.15. The van der Waals surface area contributed by atoms with Crippen molar-refractivity contribution >= 4 is 33.3 Å². The number of ketones is 1. The summed E-state index contributed by atoms with van der Waals surface area (Å²) in [5.41, 5.74) is 1.37. The lowest BCUT2D eigenvalue weighted by molar-refractivity contribution is -0.118. The van der Waals surface area contributed by atoms with Crippen LogP contribution in [0.4, 0.5) is 5.69 Å². The second-order valence-corrected chi connectivity index (χ2v) is 9.26. The zero-order valence-corrected chi connectivity index (χ0v) is 17.6. The van der Waals surface area contributed by atoms with E-state index in [1.807, 2.05) is 0 Å². The molecule has 2 aromatic rings. The van der Waals surface area contributed by atoms with Crippen LogP contribution in [0.5, 0.6) is 5.75 Å². The van der Waals surface area contributed by atoms with Gasteiger partial charge in [0.25, 0.3) is 11.8 Å². The molecule has 1 fully saturated rings. The molecule has 2 aromatic carbocycles. The highest BCUT2D eigenvalue weighted by atomic mass is 32.2. The van der Waals surface area contributed by atoms with Gasteiger partial charge in [-0.15, -0.1) is 0 Å². The van der Waals surface area contributed by atoms with E-state index in [-0.39, 0.29) is 55.3 Å². The number of rotatable bonds is 4. The Balaban J connectivity index is 1.43. The second-order valence-electron chi connectivity index (χ2n) is 7.32. The predicted molar refractivity (Wildman–Crippen MR) is 112 cm³/mol. The molecule has 1 saturated heterocycles. The topological polar surface area (TPSA) is 113 Å². The number of carbonyl (C=O) groups is 3. The lowest BCUT2D eigenvalue weighted by Gasteiger charge is -2.34. The van der Waals surface area contributed by atoms with E-state index in [1.165, 1.54) is 35.5 Å². The summed E-state index contributed by atoms with van der Waals surface area (Å²) in [6, 6.07) is 10.6. The molecule has 4 rings (SSSR count). The fourth-order valence-electron chi connectivity index (χ4n) is 3.53. The first-order valence-corrected chi connectivity index (χ1v) is 11.2. The molecule has 2 amide bonds. The minimum absolute atomic E-state index is 0.103. The third kappa shape index (κ3) is 4.17. The molecule has 2 aliphatic heterocycles. The first-order valence-electron chi connectivity index (χ1n) is 9.73. The maximum atomic E-state index is 12.9. The van der Waals surface area contributed by atoms with Crippen LogP contribution in [-0.4, -0.2) is 68.0 Å². The SMILES string of the molecule is CC(=O)c1ccc(S(=O)(=O)N2CCN(C(=O)c3ccc4c(c3)OCC(=O)N4)CC2)cc1. The molecule has 0 spiro atoms. The number of piperazine rings is 1. The van der Waals surface area contributed by atoms with Gasteiger partial charge in [-0.25, -0.2) is 8.42 Å². The van der Waals surface area contributed by atoms with E-state index in [4.69, 9.17) is 4.74 Å². The van der Waals surface area contributed by atoms with Gasteiger partial charge in [-0.2, -0.15) is 4.31 Å². The van der Waals surface area contributed by atoms with Gasteiger partial charge in [0.2, 0.25) is 10.0 Å². The Hall–Kier alpha value is -3.24. The molecule has 162 valence electrons. The third-order valence-corrected chi connectivity index (χ3v) is 7.20. The Morgan fingerprint density at radius 3 is 2.26 bits per heavy atom. The smallest absolute Gasteiger partial charge is 0.262 e. The average molecular weight is 443 g/mol. The van der Waals surface area contributed by atoms with E-state index in [9.17, 15) is 22.8 Å². The quantitative estimate of drug-likeness (QED) is 0.714. The van der Waals surface area contributed by atoms with Crippen LogP contribution in [0, 0.1) is 0 Å². The lowest BCUT2D eigenvalue weighted by atomic mass is 10.1. The number of anilines is 1. The van der Waals surface area contributed by atoms with Crippen LogP contribution in [0.15, 0.2) is 47.4 Å². The van der Waals surface area contributed by atoms with E-state index >= 15 is 0 Å². The van der Waals surface area contributed by atoms with Crippen molar-refractivity contribution in [3.8, 4) is 5.75 Å². The number of Topliss-reactive ketones (excluding diaryl/α,β-unsaturated/α-hetero) is 1. The summed E-state index contributed by atoms with van der Waals surface area (Å²) in [5.74, 6) is -0.183. The van der Waals surface area contributed by atoms with Crippen LogP contribution in [0.3, 0.4) is 0 Å². The van der Waals surface area contributed by atoms with Crippen molar-refractivity contribution in [3.63, 3.8) is 0 Å². The molecule has 0 bridgehead atoms. The van der Waals surface area contributed by atoms with E-state index in [2.05, 4.69) is 5.32 Å². The minimum atomic E-state index is -3.71. The number of nitrogens with one attached hydrogen (secondary N) is 1. The highest BCUT2D eigenvalue weighted by Gasteiger charge is 2.31. The largest absolute Gasteiger partial charge is 0.482 e. The van der Waals surface area contributed by atoms with Crippen LogP contribution in [0.25, 0.3) is 0 Å². The molecule has 2 aliphatic rings. The van der Waals surface area contributed by atoms with Crippen molar-refractivity contribution in [1.82, 2.24) is 9.21 Å². The molecule has 0 aromatic heterocycles. The maximum Gasteiger partial charge on any atom is 0.262 e. The van der Waals surface area contributed by atoms with Crippen molar-refractivity contribution in [1.29, 1.82) is 0 Å². The van der Waals surface area contributed by atoms with Gasteiger partial charge in [-0.3, -0.25) is 14.4 Å². The maximum absolute atomic E-state index is 12.9. The molecule has 0 radical (unpaired) electrons. The Kier molecular flexibility index (Phi) is 5.50. The van der Waals surface area contributed by atoms with Gasteiger partial charge in [-0.1, -0.05) is 12.1 Å². The Morgan fingerprint density at radius 1 is 0.968 bits per heavy atom. The Morgan fingerprint density at radius 2 is 1.61 bits per heavy atom. The molecule has 0 unspecified atom stereocenters. The van der Waals surface area contributed by atoms with Gasteiger partial charge in [0, 0.05) is 37.3 Å². The minimum Gasteiger partial charge on any atom is -0.482 e. The molecule has 2 heterocycles. The summed E-state index contributed by atoms with van der Waals surface area (Å²) < 4.78 is 32.5. The number of hydrogen-bond donors (Lipinski definition) is 1. The van der Waals surface area contributed by atoms with E-state index in [0.717, 1.165) is 0 Å². The third-order valence-electron chi connectivity index (χ3n) is 5.29. The first kappa shape index (κ1) is 21.0. The number of sulfonamides is 1. The lowest BCUT2D eigenvalue weighted by Crippen LogP contribution is -2.50. The number of ether oxygens (including phenoxy) is 1. The summed E-state index contributed by atoms with van der Waals surface area (Å²) in [4.78, 5) is 37.3. The number of nitrogens with zero attached hydrogens (tertiary/aromatic N) is 2. The van der Waals surface area contributed by atoms with Crippen LogP contribution < -0.4 is 10.1 Å². The average Bonchev–Trinajstić information content (AvgIpc) is 2.78. The summed E-state index contributed by atoms with van der Waals surface area (Å²) in [7, 11) is -3.71. The van der Waals surface area contributed by atoms with E-state index < -0.39 is 10.0 Å². The summed E-state index contributed by atoms with van der Waals surface area (Å²) in [6.07, 6.45) is 0. The first-order chi connectivity index (χ1) is 14.8. The fraction of sp³-hybridized carbons (Fsp3) is 0.286. The number of fused-ring (bicyclic) bond motifs is 1. The number of benzene rings is 2. The van der Waals surface area contributed by atoms with Crippen molar-refractivity contribution in [2.45, 2.75) is 11.8 Å². The molecule has 1 N–H and O–H groups in total. The van der Waals surface area contributed by atoms with Crippen molar-refractivity contribution in [2.75, 3.05) is 38.1 Å². The molecular formula is C21H21N3O6S. The highest BCUT2D eigenvalue weighted by Crippen LogP contribution is 2.29. The number of carbonyl (C=O) groups excluding carboxylic acids is 3. The highest BCUT2D eigenvalue weighted by molar-refractivity contribution is 7.89. The zero-order chi connectivity index (χ0) is 22.2. The van der Waals surface area contributed by atoms with Crippen LogP contribution in [-0.2, 0) is 14.8 Å². The molecule has 10 heteroatoms. The van der Waals surface area contributed by atoms with Gasteiger partial charge in [0.1, 0.15) is 5.75 Å². The van der Waals surface area contributed by atoms with Crippen molar-refractivity contribution in [3.05, 3.63) is 53.6 Å². The van der Waals surface area contributed by atoms with Crippen LogP contribution >= 0.6 is 0 Å². The summed E-state index contributed by atoms with van der Waals surface area (Å²) >= 11 is 0. The monoisotopic (exact) mass is 443 g/mol. The summed E-state index contributed by atoms with van der Waals surface area (Å²) in [5, 5.41) is 2.67. The number of hydrogen-bond acceptors (Lipinski definition) is 6. The Labute approximate surface area is 179 Å². The van der Waals surface area contributed by atoms with Crippen molar-refractivity contribution < 1.29 is 27.5 Å².